The predicted octanol–water partition coefficient (Wildman–Crippen LogP) is 2.32. The molecule has 0 spiro atoms. The van der Waals surface area contributed by atoms with Crippen molar-refractivity contribution in [2.75, 3.05) is 6.54 Å². The molecule has 0 radical (unpaired) electrons. The summed E-state index contributed by atoms with van der Waals surface area (Å²) in [5.74, 6) is 1.12. The van der Waals surface area contributed by atoms with Crippen LogP contribution < -0.4 is 5.32 Å². The lowest BCUT2D eigenvalue weighted by Crippen LogP contribution is -2.33. The smallest absolute Gasteiger partial charge is 0.00671 e. The van der Waals surface area contributed by atoms with Crippen LogP contribution >= 0.6 is 0 Å². The summed E-state index contributed by atoms with van der Waals surface area (Å²) in [5.41, 5.74) is 0. The molecule has 2 aliphatic rings. The molecular formula is C10H19N. The van der Waals surface area contributed by atoms with Gasteiger partial charge in [-0.1, -0.05) is 19.3 Å². The second kappa shape index (κ2) is 3.57. The Morgan fingerprint density at radius 3 is 2.55 bits per heavy atom. The van der Waals surface area contributed by atoms with Crippen molar-refractivity contribution < 1.29 is 0 Å². The van der Waals surface area contributed by atoms with Gasteiger partial charge < -0.3 is 5.32 Å². The fourth-order valence-electron chi connectivity index (χ4n) is 2.01. The maximum atomic E-state index is 3.60. The standard InChI is InChI=1S/C10H19N/c1-2-8-11-10(3-1)7-6-9-4-5-9/h9-11H,1-8H2. The van der Waals surface area contributed by atoms with Gasteiger partial charge in [-0.3, -0.25) is 0 Å². The van der Waals surface area contributed by atoms with Crippen LogP contribution in [0.25, 0.3) is 0 Å². The Bertz CT molecular complexity index is 112. The highest BCUT2D eigenvalue weighted by Crippen LogP contribution is 2.34. The summed E-state index contributed by atoms with van der Waals surface area (Å²) in [6, 6.07) is 0.879. The summed E-state index contributed by atoms with van der Waals surface area (Å²) in [6.07, 6.45) is 10.3. The fraction of sp³-hybridized carbons (Fsp3) is 1.00. The molecule has 2 rings (SSSR count). The van der Waals surface area contributed by atoms with Crippen molar-refractivity contribution in [3.05, 3.63) is 0 Å². The second-order valence-electron chi connectivity index (χ2n) is 4.17. The first-order valence-corrected chi connectivity index (χ1v) is 5.18. The van der Waals surface area contributed by atoms with Crippen molar-refractivity contribution in [1.82, 2.24) is 5.32 Å². The molecule has 0 amide bonds. The lowest BCUT2D eigenvalue weighted by Gasteiger charge is -2.23. The average molecular weight is 153 g/mol. The van der Waals surface area contributed by atoms with Crippen molar-refractivity contribution in [2.24, 2.45) is 5.92 Å². The Hall–Kier alpha value is -0.0400. The molecule has 1 N–H and O–H groups in total. The average Bonchev–Trinajstić information content (AvgIpc) is 2.86. The molecule has 64 valence electrons. The van der Waals surface area contributed by atoms with E-state index in [-0.39, 0.29) is 0 Å². The van der Waals surface area contributed by atoms with Gasteiger partial charge >= 0.3 is 0 Å². The van der Waals surface area contributed by atoms with Crippen LogP contribution in [0, 0.1) is 5.92 Å². The fourth-order valence-corrected chi connectivity index (χ4v) is 2.01. The predicted molar refractivity (Wildman–Crippen MR) is 47.6 cm³/mol. The van der Waals surface area contributed by atoms with E-state index in [1.54, 1.807) is 0 Å². The number of piperidine rings is 1. The monoisotopic (exact) mass is 153 g/mol. The van der Waals surface area contributed by atoms with Crippen LogP contribution in [-0.4, -0.2) is 12.6 Å². The van der Waals surface area contributed by atoms with Crippen LogP contribution in [0.1, 0.15) is 44.9 Å². The van der Waals surface area contributed by atoms with Gasteiger partial charge in [0.05, 0.1) is 0 Å². The third-order valence-corrected chi connectivity index (χ3v) is 3.03. The number of nitrogens with one attached hydrogen (secondary N) is 1. The van der Waals surface area contributed by atoms with Gasteiger partial charge in [-0.2, -0.15) is 0 Å². The molecule has 1 aliphatic heterocycles. The van der Waals surface area contributed by atoms with Gasteiger partial charge in [-0.25, -0.2) is 0 Å². The molecule has 1 atom stereocenters. The Morgan fingerprint density at radius 2 is 1.91 bits per heavy atom. The molecular weight excluding hydrogens is 134 g/mol. The van der Waals surface area contributed by atoms with Crippen LogP contribution in [0.2, 0.25) is 0 Å². The topological polar surface area (TPSA) is 12.0 Å². The summed E-state index contributed by atoms with van der Waals surface area (Å²) < 4.78 is 0. The molecule has 2 fully saturated rings. The van der Waals surface area contributed by atoms with Crippen molar-refractivity contribution >= 4 is 0 Å². The van der Waals surface area contributed by atoms with E-state index >= 15 is 0 Å². The molecule has 1 aliphatic carbocycles. The molecule has 1 saturated heterocycles. The zero-order valence-corrected chi connectivity index (χ0v) is 7.31. The molecule has 0 aromatic carbocycles. The summed E-state index contributed by atoms with van der Waals surface area (Å²) in [7, 11) is 0. The quantitative estimate of drug-likeness (QED) is 0.656. The number of rotatable bonds is 3. The van der Waals surface area contributed by atoms with Crippen molar-refractivity contribution in [3.8, 4) is 0 Å². The summed E-state index contributed by atoms with van der Waals surface area (Å²) in [4.78, 5) is 0. The van der Waals surface area contributed by atoms with Crippen LogP contribution in [-0.2, 0) is 0 Å². The van der Waals surface area contributed by atoms with Gasteiger partial charge in [0, 0.05) is 6.04 Å². The Labute approximate surface area is 69.6 Å². The highest BCUT2D eigenvalue weighted by Gasteiger charge is 2.22. The van der Waals surface area contributed by atoms with E-state index in [9.17, 15) is 0 Å². The largest absolute Gasteiger partial charge is 0.314 e. The van der Waals surface area contributed by atoms with Crippen LogP contribution in [0.15, 0.2) is 0 Å². The van der Waals surface area contributed by atoms with E-state index in [0.29, 0.717) is 0 Å². The molecule has 1 heterocycles. The van der Waals surface area contributed by atoms with E-state index in [1.165, 1.54) is 51.5 Å². The second-order valence-corrected chi connectivity index (χ2v) is 4.17. The Morgan fingerprint density at radius 1 is 1.00 bits per heavy atom. The molecule has 1 saturated carbocycles. The Balaban J connectivity index is 1.59. The highest BCUT2D eigenvalue weighted by molar-refractivity contribution is 4.78. The maximum Gasteiger partial charge on any atom is 0.00671 e. The van der Waals surface area contributed by atoms with Gasteiger partial charge in [0.25, 0.3) is 0 Å². The van der Waals surface area contributed by atoms with Gasteiger partial charge in [0.15, 0.2) is 0 Å². The van der Waals surface area contributed by atoms with E-state index in [1.807, 2.05) is 0 Å². The molecule has 1 nitrogen and oxygen atoms in total. The molecule has 0 aromatic rings. The van der Waals surface area contributed by atoms with E-state index in [4.69, 9.17) is 0 Å². The minimum Gasteiger partial charge on any atom is -0.314 e. The third-order valence-electron chi connectivity index (χ3n) is 3.03. The summed E-state index contributed by atoms with van der Waals surface area (Å²) >= 11 is 0. The van der Waals surface area contributed by atoms with Gasteiger partial charge in [0.1, 0.15) is 0 Å². The Kier molecular flexibility index (Phi) is 2.47. The van der Waals surface area contributed by atoms with E-state index in [0.717, 1.165) is 12.0 Å². The van der Waals surface area contributed by atoms with Gasteiger partial charge in [0.2, 0.25) is 0 Å². The van der Waals surface area contributed by atoms with Crippen LogP contribution in [0.4, 0.5) is 0 Å². The normalized spacial score (nSPS) is 32.2. The van der Waals surface area contributed by atoms with Crippen molar-refractivity contribution in [2.45, 2.75) is 51.0 Å². The zero-order chi connectivity index (χ0) is 7.52. The first-order valence-electron chi connectivity index (χ1n) is 5.18. The number of hydrogen-bond acceptors (Lipinski definition) is 1. The number of hydrogen-bond donors (Lipinski definition) is 1. The van der Waals surface area contributed by atoms with Gasteiger partial charge in [-0.05, 0) is 38.1 Å². The van der Waals surface area contributed by atoms with Gasteiger partial charge in [-0.15, -0.1) is 0 Å². The first-order chi connectivity index (χ1) is 5.45. The van der Waals surface area contributed by atoms with Crippen molar-refractivity contribution in [1.29, 1.82) is 0 Å². The summed E-state index contributed by atoms with van der Waals surface area (Å²) in [6.45, 7) is 1.27. The minimum absolute atomic E-state index is 0.879. The molecule has 0 aromatic heterocycles. The minimum atomic E-state index is 0.879. The van der Waals surface area contributed by atoms with E-state index < -0.39 is 0 Å². The summed E-state index contributed by atoms with van der Waals surface area (Å²) in [5, 5.41) is 3.60. The highest BCUT2D eigenvalue weighted by atomic mass is 14.9. The first kappa shape index (κ1) is 7.60. The van der Waals surface area contributed by atoms with Crippen molar-refractivity contribution in [3.63, 3.8) is 0 Å². The molecule has 0 bridgehead atoms. The lowest BCUT2D eigenvalue weighted by molar-refractivity contribution is 0.369. The SMILES string of the molecule is C1CCC(CCC2CC2)NC1. The van der Waals surface area contributed by atoms with Crippen LogP contribution in [0.5, 0.6) is 0 Å². The molecule has 1 unspecified atom stereocenters. The molecule has 11 heavy (non-hydrogen) atoms. The maximum absolute atomic E-state index is 3.60. The van der Waals surface area contributed by atoms with E-state index in [2.05, 4.69) is 5.32 Å². The zero-order valence-electron chi connectivity index (χ0n) is 7.31. The van der Waals surface area contributed by atoms with Crippen LogP contribution in [0.3, 0.4) is 0 Å². The third kappa shape index (κ3) is 2.48. The lowest BCUT2D eigenvalue weighted by atomic mass is 9.99. The molecule has 1 heteroatoms.